The average Bonchev–Trinajstić information content (AvgIpc) is 3.07. The van der Waals surface area contributed by atoms with Crippen LogP contribution in [0.2, 0.25) is 5.02 Å². The van der Waals surface area contributed by atoms with Crippen LogP contribution in [0, 0.1) is 11.7 Å². The summed E-state index contributed by atoms with van der Waals surface area (Å²) in [5, 5.41) is 7.24. The van der Waals surface area contributed by atoms with Crippen molar-refractivity contribution in [2.75, 3.05) is 5.73 Å². The highest BCUT2D eigenvalue weighted by Gasteiger charge is 2.26. The number of rotatable bonds is 3. The van der Waals surface area contributed by atoms with E-state index in [9.17, 15) is 4.39 Å². The summed E-state index contributed by atoms with van der Waals surface area (Å²) in [7, 11) is 0. The number of aromatic nitrogens is 2. The Labute approximate surface area is 109 Å². The van der Waals surface area contributed by atoms with E-state index >= 15 is 0 Å². The van der Waals surface area contributed by atoms with Crippen LogP contribution in [0.15, 0.2) is 18.2 Å². The molecule has 3 N–H and O–H groups in total. The second-order valence-corrected chi connectivity index (χ2v) is 5.11. The molecule has 0 saturated heterocycles. The molecule has 1 aromatic carbocycles. The molecule has 1 aromatic heterocycles. The molecule has 5 heteroatoms. The van der Waals surface area contributed by atoms with Gasteiger partial charge in [0.1, 0.15) is 5.82 Å². The van der Waals surface area contributed by atoms with E-state index in [-0.39, 0.29) is 5.82 Å². The monoisotopic (exact) mass is 265 g/mol. The van der Waals surface area contributed by atoms with Crippen LogP contribution in [-0.2, 0) is 6.42 Å². The highest BCUT2D eigenvalue weighted by Crippen LogP contribution is 2.39. The second kappa shape index (κ2) is 4.28. The first-order valence-electron chi connectivity index (χ1n) is 5.94. The van der Waals surface area contributed by atoms with Crippen LogP contribution in [0.1, 0.15) is 18.5 Å². The minimum absolute atomic E-state index is 0.303. The van der Waals surface area contributed by atoms with Crippen LogP contribution in [0.5, 0.6) is 0 Å². The zero-order chi connectivity index (χ0) is 12.7. The molecule has 0 radical (unpaired) electrons. The molecule has 94 valence electrons. The Morgan fingerprint density at radius 2 is 2.17 bits per heavy atom. The standard InChI is InChI=1S/C13H13ClFN3/c14-8-2-1-3-9(15)11(8)12-10(6-7-4-5-7)17-18-13(12)16/h1-3,7H,4-6H2,(H3,16,17,18). The fraction of sp³-hybridized carbons (Fsp3) is 0.308. The molecule has 1 heterocycles. The molecule has 3 rings (SSSR count). The van der Waals surface area contributed by atoms with Gasteiger partial charge >= 0.3 is 0 Å². The largest absolute Gasteiger partial charge is 0.382 e. The van der Waals surface area contributed by atoms with Gasteiger partial charge in [0.25, 0.3) is 0 Å². The van der Waals surface area contributed by atoms with Crippen molar-refractivity contribution in [3.05, 3.63) is 34.7 Å². The Morgan fingerprint density at radius 1 is 1.39 bits per heavy atom. The number of nitrogens with zero attached hydrogens (tertiary/aromatic N) is 1. The predicted molar refractivity (Wildman–Crippen MR) is 69.8 cm³/mol. The maximum Gasteiger partial charge on any atom is 0.153 e. The molecule has 3 nitrogen and oxygen atoms in total. The fourth-order valence-electron chi connectivity index (χ4n) is 2.17. The smallest absolute Gasteiger partial charge is 0.153 e. The highest BCUT2D eigenvalue weighted by atomic mass is 35.5. The number of anilines is 1. The summed E-state index contributed by atoms with van der Waals surface area (Å²) >= 11 is 6.08. The minimum atomic E-state index is -0.368. The number of aromatic amines is 1. The number of nitrogen functional groups attached to an aromatic ring is 1. The minimum Gasteiger partial charge on any atom is -0.382 e. The molecule has 1 aliphatic rings. The van der Waals surface area contributed by atoms with Crippen LogP contribution in [0.3, 0.4) is 0 Å². The molecule has 18 heavy (non-hydrogen) atoms. The quantitative estimate of drug-likeness (QED) is 0.894. The lowest BCUT2D eigenvalue weighted by molar-refractivity contribution is 0.631. The van der Waals surface area contributed by atoms with E-state index in [1.165, 1.54) is 18.9 Å². The number of nitrogens with two attached hydrogens (primary N) is 1. The van der Waals surface area contributed by atoms with Gasteiger partial charge < -0.3 is 5.73 Å². The van der Waals surface area contributed by atoms with Crippen LogP contribution in [0.25, 0.3) is 11.1 Å². The Kier molecular flexibility index (Phi) is 2.74. The summed E-state index contributed by atoms with van der Waals surface area (Å²) in [6.45, 7) is 0. The maximum absolute atomic E-state index is 13.9. The number of halogens is 2. The van der Waals surface area contributed by atoms with Gasteiger partial charge in [-0.15, -0.1) is 0 Å². The van der Waals surface area contributed by atoms with E-state index in [0.717, 1.165) is 12.1 Å². The van der Waals surface area contributed by atoms with Crippen molar-refractivity contribution in [1.29, 1.82) is 0 Å². The molecular formula is C13H13ClFN3. The van der Waals surface area contributed by atoms with Gasteiger partial charge in [-0.25, -0.2) is 4.39 Å². The SMILES string of the molecule is Nc1n[nH]c(CC2CC2)c1-c1c(F)cccc1Cl. The van der Waals surface area contributed by atoms with Gasteiger partial charge in [0.2, 0.25) is 0 Å². The lowest BCUT2D eigenvalue weighted by Gasteiger charge is -2.07. The Hall–Kier alpha value is -1.55. The lowest BCUT2D eigenvalue weighted by Crippen LogP contribution is -1.95. The third kappa shape index (κ3) is 1.97. The van der Waals surface area contributed by atoms with E-state index in [1.54, 1.807) is 12.1 Å². The van der Waals surface area contributed by atoms with E-state index in [4.69, 9.17) is 17.3 Å². The van der Waals surface area contributed by atoms with Gasteiger partial charge in [0.05, 0.1) is 10.6 Å². The number of hydrogen-bond donors (Lipinski definition) is 2. The first-order chi connectivity index (χ1) is 8.66. The molecular weight excluding hydrogens is 253 g/mol. The van der Waals surface area contributed by atoms with Crippen molar-refractivity contribution in [3.8, 4) is 11.1 Å². The zero-order valence-corrected chi connectivity index (χ0v) is 10.5. The predicted octanol–water partition coefficient (Wildman–Crippen LogP) is 3.40. The molecule has 0 aliphatic heterocycles. The van der Waals surface area contributed by atoms with Crippen LogP contribution in [0.4, 0.5) is 10.2 Å². The molecule has 0 spiro atoms. The first-order valence-corrected chi connectivity index (χ1v) is 6.31. The topological polar surface area (TPSA) is 54.7 Å². The molecule has 1 aliphatic carbocycles. The first kappa shape index (κ1) is 11.5. The molecule has 0 atom stereocenters. The zero-order valence-electron chi connectivity index (χ0n) is 9.71. The summed E-state index contributed by atoms with van der Waals surface area (Å²) in [5.74, 6) is 0.597. The van der Waals surface area contributed by atoms with Crippen molar-refractivity contribution < 1.29 is 4.39 Å². The van der Waals surface area contributed by atoms with Crippen molar-refractivity contribution >= 4 is 17.4 Å². The number of hydrogen-bond acceptors (Lipinski definition) is 2. The average molecular weight is 266 g/mol. The van der Waals surface area contributed by atoms with Crippen molar-refractivity contribution in [3.63, 3.8) is 0 Å². The summed E-state index contributed by atoms with van der Waals surface area (Å²) in [6.07, 6.45) is 3.27. The van der Waals surface area contributed by atoms with E-state index in [2.05, 4.69) is 10.2 Å². The maximum atomic E-state index is 13.9. The summed E-state index contributed by atoms with van der Waals surface area (Å²) in [5.41, 5.74) is 7.68. The molecule has 1 saturated carbocycles. The molecule has 1 fully saturated rings. The summed E-state index contributed by atoms with van der Waals surface area (Å²) in [4.78, 5) is 0. The number of H-pyrrole nitrogens is 1. The van der Waals surface area contributed by atoms with E-state index in [1.807, 2.05) is 0 Å². The Balaban J connectivity index is 2.12. The fourth-order valence-corrected chi connectivity index (χ4v) is 2.43. The van der Waals surface area contributed by atoms with Crippen LogP contribution in [-0.4, -0.2) is 10.2 Å². The Morgan fingerprint density at radius 3 is 2.83 bits per heavy atom. The molecule has 0 amide bonds. The van der Waals surface area contributed by atoms with Gasteiger partial charge in [-0.05, 0) is 37.3 Å². The molecule has 0 unspecified atom stereocenters. The summed E-state index contributed by atoms with van der Waals surface area (Å²) in [6, 6.07) is 4.62. The van der Waals surface area contributed by atoms with Gasteiger partial charge in [-0.1, -0.05) is 17.7 Å². The molecule has 0 bridgehead atoms. The Bertz CT molecular complexity index is 570. The second-order valence-electron chi connectivity index (χ2n) is 4.71. The van der Waals surface area contributed by atoms with Crippen molar-refractivity contribution in [2.45, 2.75) is 19.3 Å². The normalized spacial score (nSPS) is 15.0. The number of benzene rings is 1. The number of nitrogens with one attached hydrogen (secondary N) is 1. The third-order valence-electron chi connectivity index (χ3n) is 3.27. The van der Waals surface area contributed by atoms with Crippen LogP contribution < -0.4 is 5.73 Å². The van der Waals surface area contributed by atoms with Crippen LogP contribution >= 0.6 is 11.6 Å². The van der Waals surface area contributed by atoms with E-state index < -0.39 is 0 Å². The van der Waals surface area contributed by atoms with Gasteiger partial charge in [0, 0.05) is 11.3 Å². The lowest BCUT2D eigenvalue weighted by atomic mass is 10.0. The summed E-state index contributed by atoms with van der Waals surface area (Å²) < 4.78 is 13.9. The van der Waals surface area contributed by atoms with E-state index in [0.29, 0.717) is 27.9 Å². The highest BCUT2D eigenvalue weighted by molar-refractivity contribution is 6.33. The van der Waals surface area contributed by atoms with Gasteiger partial charge in [-0.3, -0.25) is 5.10 Å². The molecule has 2 aromatic rings. The van der Waals surface area contributed by atoms with Crippen molar-refractivity contribution in [2.24, 2.45) is 5.92 Å². The third-order valence-corrected chi connectivity index (χ3v) is 3.59. The van der Waals surface area contributed by atoms with Gasteiger partial charge in [-0.2, -0.15) is 5.10 Å². The van der Waals surface area contributed by atoms with Crippen molar-refractivity contribution in [1.82, 2.24) is 10.2 Å². The van der Waals surface area contributed by atoms with Gasteiger partial charge in [0.15, 0.2) is 5.82 Å².